The van der Waals surface area contributed by atoms with Crippen LogP contribution >= 0.6 is 12.2 Å². The predicted octanol–water partition coefficient (Wildman–Crippen LogP) is 3.41. The van der Waals surface area contributed by atoms with E-state index < -0.39 is 0 Å². The largest absolute Gasteiger partial charge is 0.331 e. The van der Waals surface area contributed by atoms with Crippen LogP contribution in [0.1, 0.15) is 23.6 Å². The van der Waals surface area contributed by atoms with Gasteiger partial charge >= 0.3 is 0 Å². The molecule has 21 heavy (non-hydrogen) atoms. The molecular formula is C16H18N4S. The van der Waals surface area contributed by atoms with E-state index in [0.29, 0.717) is 5.11 Å². The fourth-order valence-corrected chi connectivity index (χ4v) is 1.98. The van der Waals surface area contributed by atoms with Gasteiger partial charge in [-0.3, -0.25) is 10.4 Å². The summed E-state index contributed by atoms with van der Waals surface area (Å²) >= 11 is 5.27. The Bertz CT molecular complexity index is 665. The van der Waals surface area contributed by atoms with Gasteiger partial charge in [0.05, 0.1) is 5.71 Å². The fourth-order valence-electron chi connectivity index (χ4n) is 1.83. The molecule has 2 rings (SSSR count). The number of nitrogens with zero attached hydrogens (tertiary/aromatic N) is 2. The van der Waals surface area contributed by atoms with Gasteiger partial charge in [0.25, 0.3) is 0 Å². The normalized spacial score (nSPS) is 11.1. The summed E-state index contributed by atoms with van der Waals surface area (Å²) < 4.78 is 0. The molecule has 5 heteroatoms. The molecule has 0 saturated carbocycles. The number of hydrazone groups is 1. The summed E-state index contributed by atoms with van der Waals surface area (Å²) in [5, 5.41) is 7.91. The maximum atomic E-state index is 5.27. The Morgan fingerprint density at radius 1 is 1.14 bits per heavy atom. The Hall–Kier alpha value is -2.27. The van der Waals surface area contributed by atoms with Crippen LogP contribution in [-0.2, 0) is 0 Å². The van der Waals surface area contributed by atoms with Crippen LogP contribution in [0.15, 0.2) is 47.8 Å². The predicted molar refractivity (Wildman–Crippen MR) is 91.7 cm³/mol. The first-order chi connectivity index (χ1) is 10.1. The summed E-state index contributed by atoms with van der Waals surface area (Å²) in [7, 11) is 0. The lowest BCUT2D eigenvalue weighted by Crippen LogP contribution is -2.25. The Morgan fingerprint density at radius 2 is 1.86 bits per heavy atom. The van der Waals surface area contributed by atoms with Crippen molar-refractivity contribution in [2.24, 2.45) is 5.10 Å². The molecular weight excluding hydrogens is 280 g/mol. The van der Waals surface area contributed by atoms with Gasteiger partial charge in [-0.25, -0.2) is 0 Å². The van der Waals surface area contributed by atoms with Crippen molar-refractivity contribution in [1.82, 2.24) is 10.4 Å². The highest BCUT2D eigenvalue weighted by Crippen LogP contribution is 2.17. The van der Waals surface area contributed by atoms with Crippen molar-refractivity contribution in [3.8, 4) is 0 Å². The molecule has 0 bridgehead atoms. The highest BCUT2D eigenvalue weighted by Gasteiger charge is 2.02. The van der Waals surface area contributed by atoms with Crippen molar-refractivity contribution in [2.45, 2.75) is 20.8 Å². The molecule has 0 radical (unpaired) electrons. The summed E-state index contributed by atoms with van der Waals surface area (Å²) in [6.45, 7) is 6.05. The van der Waals surface area contributed by atoms with E-state index in [9.17, 15) is 0 Å². The number of anilines is 1. The first-order valence-electron chi connectivity index (χ1n) is 6.66. The average Bonchev–Trinajstić information content (AvgIpc) is 2.50. The minimum atomic E-state index is 0.470. The molecule has 0 saturated heterocycles. The van der Waals surface area contributed by atoms with Crippen molar-refractivity contribution in [2.75, 3.05) is 5.32 Å². The van der Waals surface area contributed by atoms with Crippen LogP contribution in [0.2, 0.25) is 0 Å². The Balaban J connectivity index is 2.01. The van der Waals surface area contributed by atoms with E-state index in [4.69, 9.17) is 12.2 Å². The van der Waals surface area contributed by atoms with Gasteiger partial charge in [-0.1, -0.05) is 12.1 Å². The third kappa shape index (κ3) is 4.10. The fraction of sp³-hybridized carbons (Fsp3) is 0.188. The summed E-state index contributed by atoms with van der Waals surface area (Å²) in [6.07, 6.45) is 3.47. The number of benzene rings is 1. The van der Waals surface area contributed by atoms with Crippen LogP contribution in [0.5, 0.6) is 0 Å². The number of nitrogens with one attached hydrogen (secondary N) is 2. The van der Waals surface area contributed by atoms with Gasteiger partial charge in [0.1, 0.15) is 0 Å². The number of thiocarbonyl (C=S) groups is 1. The second kappa shape index (κ2) is 6.95. The number of aryl methyl sites for hydroxylation is 1. The lowest BCUT2D eigenvalue weighted by molar-refractivity contribution is 1.04. The van der Waals surface area contributed by atoms with Crippen LogP contribution in [0.25, 0.3) is 0 Å². The lowest BCUT2D eigenvalue weighted by Gasteiger charge is -2.12. The van der Waals surface area contributed by atoms with E-state index in [2.05, 4.69) is 40.7 Å². The second-order valence-corrected chi connectivity index (χ2v) is 5.15. The Labute approximate surface area is 130 Å². The molecule has 0 atom stereocenters. The zero-order valence-corrected chi connectivity index (χ0v) is 13.2. The van der Waals surface area contributed by atoms with Crippen LogP contribution in [-0.4, -0.2) is 15.8 Å². The van der Waals surface area contributed by atoms with E-state index >= 15 is 0 Å². The van der Waals surface area contributed by atoms with E-state index in [-0.39, 0.29) is 0 Å². The van der Waals surface area contributed by atoms with E-state index in [1.165, 1.54) is 11.1 Å². The van der Waals surface area contributed by atoms with Crippen LogP contribution < -0.4 is 10.7 Å². The molecule has 0 aliphatic heterocycles. The molecule has 1 heterocycles. The van der Waals surface area contributed by atoms with Gasteiger partial charge in [0, 0.05) is 23.6 Å². The number of pyridine rings is 1. The zero-order chi connectivity index (χ0) is 15.2. The molecule has 4 nitrogen and oxygen atoms in total. The van der Waals surface area contributed by atoms with Crippen molar-refractivity contribution < 1.29 is 0 Å². The molecule has 1 aromatic heterocycles. The first-order valence-corrected chi connectivity index (χ1v) is 7.06. The summed E-state index contributed by atoms with van der Waals surface area (Å²) in [5.41, 5.74) is 8.11. The number of hydrogen-bond donors (Lipinski definition) is 2. The summed E-state index contributed by atoms with van der Waals surface area (Å²) in [5.74, 6) is 0. The van der Waals surface area contributed by atoms with E-state index in [1.54, 1.807) is 12.4 Å². The van der Waals surface area contributed by atoms with Crippen molar-refractivity contribution >= 4 is 28.7 Å². The zero-order valence-electron chi connectivity index (χ0n) is 12.3. The molecule has 2 aromatic rings. The number of hydrogen-bond acceptors (Lipinski definition) is 3. The van der Waals surface area contributed by atoms with Crippen molar-refractivity contribution in [3.63, 3.8) is 0 Å². The Kier molecular flexibility index (Phi) is 5.00. The highest BCUT2D eigenvalue weighted by molar-refractivity contribution is 7.80. The van der Waals surface area contributed by atoms with E-state index in [0.717, 1.165) is 17.0 Å². The number of rotatable bonds is 3. The first kappa shape index (κ1) is 15.1. The summed E-state index contributed by atoms with van der Waals surface area (Å²) in [6, 6.07) is 9.88. The monoisotopic (exact) mass is 298 g/mol. The van der Waals surface area contributed by atoms with Crippen LogP contribution in [0.4, 0.5) is 5.69 Å². The van der Waals surface area contributed by atoms with Gasteiger partial charge < -0.3 is 5.32 Å². The molecule has 0 amide bonds. The van der Waals surface area contributed by atoms with Crippen LogP contribution in [0, 0.1) is 13.8 Å². The topological polar surface area (TPSA) is 49.3 Å². The molecule has 1 aromatic carbocycles. The Morgan fingerprint density at radius 3 is 2.57 bits per heavy atom. The molecule has 0 unspecified atom stereocenters. The third-order valence-corrected chi connectivity index (χ3v) is 3.47. The molecule has 0 aliphatic carbocycles. The molecule has 0 spiro atoms. The maximum absolute atomic E-state index is 5.27. The summed E-state index contributed by atoms with van der Waals surface area (Å²) in [4.78, 5) is 3.98. The smallest absolute Gasteiger partial charge is 0.191 e. The van der Waals surface area contributed by atoms with Gasteiger partial charge in [0.15, 0.2) is 5.11 Å². The van der Waals surface area contributed by atoms with Gasteiger partial charge in [-0.2, -0.15) is 5.10 Å². The lowest BCUT2D eigenvalue weighted by atomic mass is 10.1. The number of aromatic nitrogens is 1. The minimum Gasteiger partial charge on any atom is -0.331 e. The van der Waals surface area contributed by atoms with Gasteiger partial charge in [-0.05, 0) is 62.3 Å². The molecule has 108 valence electrons. The third-order valence-electron chi connectivity index (χ3n) is 3.28. The van der Waals surface area contributed by atoms with E-state index in [1.807, 2.05) is 31.2 Å². The minimum absolute atomic E-state index is 0.470. The van der Waals surface area contributed by atoms with Crippen LogP contribution in [0.3, 0.4) is 0 Å². The molecule has 2 N–H and O–H groups in total. The average molecular weight is 298 g/mol. The van der Waals surface area contributed by atoms with Gasteiger partial charge in [-0.15, -0.1) is 0 Å². The highest BCUT2D eigenvalue weighted by atomic mass is 32.1. The molecule has 0 fully saturated rings. The van der Waals surface area contributed by atoms with Crippen molar-refractivity contribution in [1.29, 1.82) is 0 Å². The second-order valence-electron chi connectivity index (χ2n) is 4.75. The maximum Gasteiger partial charge on any atom is 0.191 e. The standard InChI is InChI=1S/C16H18N4S/c1-11-5-4-6-15(12(11)2)18-16(21)20-19-13(3)14-7-9-17-10-8-14/h4-10H,1-3H3,(H2,18,20,21)/b19-13+. The van der Waals surface area contributed by atoms with Crippen molar-refractivity contribution in [3.05, 3.63) is 59.4 Å². The SMILES string of the molecule is C/C(=N\NC(=S)Nc1cccc(C)c1C)c1ccncc1. The molecule has 0 aliphatic rings. The quantitative estimate of drug-likeness (QED) is 0.518. The van der Waals surface area contributed by atoms with Gasteiger partial charge in [0.2, 0.25) is 0 Å².